The molecule has 0 radical (unpaired) electrons. The molecule has 0 heterocycles. The van der Waals surface area contributed by atoms with Crippen molar-refractivity contribution in [2.45, 2.75) is 46.5 Å². The van der Waals surface area contributed by atoms with Gasteiger partial charge in [0.15, 0.2) is 0 Å². The van der Waals surface area contributed by atoms with E-state index in [9.17, 15) is 4.79 Å². The number of esters is 1. The van der Waals surface area contributed by atoms with Gasteiger partial charge >= 0.3 is 5.97 Å². The molecule has 0 amide bonds. The van der Waals surface area contributed by atoms with Crippen molar-refractivity contribution in [1.82, 2.24) is 0 Å². The van der Waals surface area contributed by atoms with E-state index in [0.29, 0.717) is 18.8 Å². The molecule has 0 spiro atoms. The third-order valence-corrected chi connectivity index (χ3v) is 2.83. The van der Waals surface area contributed by atoms with Gasteiger partial charge in [0.25, 0.3) is 0 Å². The summed E-state index contributed by atoms with van der Waals surface area (Å²) in [5, 5.41) is 0. The summed E-state index contributed by atoms with van der Waals surface area (Å²) in [4.78, 5) is 11.7. The van der Waals surface area contributed by atoms with Gasteiger partial charge in [0, 0.05) is 0 Å². The van der Waals surface area contributed by atoms with Crippen LogP contribution >= 0.6 is 0 Å². The number of hydrogen-bond acceptors (Lipinski definition) is 3. The molecule has 3 heteroatoms. The van der Waals surface area contributed by atoms with E-state index in [2.05, 4.69) is 6.92 Å². The van der Waals surface area contributed by atoms with E-state index >= 15 is 0 Å². The van der Waals surface area contributed by atoms with Crippen LogP contribution in [0.25, 0.3) is 0 Å². The van der Waals surface area contributed by atoms with Gasteiger partial charge in [-0.15, -0.1) is 0 Å². The number of unbranched alkanes of at least 4 members (excludes halogenated alkanes) is 3. The molecule has 0 saturated carbocycles. The maximum atomic E-state index is 11.7. The molecule has 106 valence electrons. The van der Waals surface area contributed by atoms with Crippen LogP contribution in [0.15, 0.2) is 18.2 Å². The number of benzene rings is 1. The third kappa shape index (κ3) is 5.77. The molecule has 0 atom stereocenters. The second-order valence-electron chi connectivity index (χ2n) is 4.66. The number of rotatable bonds is 8. The number of carbonyl (C=O) groups excluding carboxylic acids is 1. The van der Waals surface area contributed by atoms with Gasteiger partial charge in [0.1, 0.15) is 5.75 Å². The highest BCUT2D eigenvalue weighted by Crippen LogP contribution is 2.18. The maximum Gasteiger partial charge on any atom is 0.338 e. The summed E-state index contributed by atoms with van der Waals surface area (Å²) in [5.74, 6) is 0.460. The summed E-state index contributed by atoms with van der Waals surface area (Å²) >= 11 is 0. The van der Waals surface area contributed by atoms with Gasteiger partial charge < -0.3 is 9.47 Å². The first-order valence-corrected chi connectivity index (χ1v) is 7.09. The zero-order chi connectivity index (χ0) is 14.1. The zero-order valence-electron chi connectivity index (χ0n) is 12.2. The van der Waals surface area contributed by atoms with Gasteiger partial charge in [0.05, 0.1) is 18.8 Å². The first-order valence-electron chi connectivity index (χ1n) is 7.09. The van der Waals surface area contributed by atoms with E-state index in [1.54, 1.807) is 13.0 Å². The molecule has 1 aromatic carbocycles. The van der Waals surface area contributed by atoms with E-state index in [0.717, 1.165) is 17.7 Å². The van der Waals surface area contributed by atoms with Gasteiger partial charge in [-0.3, -0.25) is 0 Å². The highest BCUT2D eigenvalue weighted by atomic mass is 16.5. The third-order valence-electron chi connectivity index (χ3n) is 2.83. The Balaban J connectivity index is 2.56. The van der Waals surface area contributed by atoms with Crippen LogP contribution in [0.2, 0.25) is 0 Å². The highest BCUT2D eigenvalue weighted by Gasteiger charge is 2.08. The second-order valence-corrected chi connectivity index (χ2v) is 4.66. The van der Waals surface area contributed by atoms with Crippen LogP contribution < -0.4 is 4.74 Å². The SMILES string of the molecule is CCCCCCOc1cc(C)cc(C(=O)OCC)c1. The summed E-state index contributed by atoms with van der Waals surface area (Å²) < 4.78 is 10.7. The summed E-state index contributed by atoms with van der Waals surface area (Å²) in [6.45, 7) is 7.03. The molecule has 0 saturated heterocycles. The van der Waals surface area contributed by atoms with Crippen LogP contribution in [0.1, 0.15) is 55.5 Å². The summed E-state index contributed by atoms with van der Waals surface area (Å²) in [6, 6.07) is 5.52. The fraction of sp³-hybridized carbons (Fsp3) is 0.562. The molecule has 0 aromatic heterocycles. The van der Waals surface area contributed by atoms with Gasteiger partial charge in [-0.05, 0) is 44.0 Å². The van der Waals surface area contributed by atoms with Crippen molar-refractivity contribution >= 4 is 5.97 Å². The molecule has 1 rings (SSSR count). The Labute approximate surface area is 115 Å². The Hall–Kier alpha value is -1.51. The van der Waals surface area contributed by atoms with E-state index < -0.39 is 0 Å². The fourth-order valence-corrected chi connectivity index (χ4v) is 1.88. The molecule has 0 N–H and O–H groups in total. The first-order chi connectivity index (χ1) is 9.17. The second kappa shape index (κ2) is 8.57. The van der Waals surface area contributed by atoms with Crippen LogP contribution in [-0.4, -0.2) is 19.2 Å². The lowest BCUT2D eigenvalue weighted by Gasteiger charge is -2.09. The van der Waals surface area contributed by atoms with Gasteiger partial charge in [-0.2, -0.15) is 0 Å². The molecule has 0 fully saturated rings. The van der Waals surface area contributed by atoms with Crippen LogP contribution in [0, 0.1) is 6.92 Å². The standard InChI is InChI=1S/C16H24O3/c1-4-6-7-8-9-19-15-11-13(3)10-14(12-15)16(17)18-5-2/h10-12H,4-9H2,1-3H3. The Morgan fingerprint density at radius 3 is 2.58 bits per heavy atom. The predicted molar refractivity (Wildman–Crippen MR) is 76.8 cm³/mol. The molecule has 19 heavy (non-hydrogen) atoms. The van der Waals surface area contributed by atoms with Gasteiger partial charge in [-0.1, -0.05) is 26.2 Å². The molecule has 3 nitrogen and oxygen atoms in total. The van der Waals surface area contributed by atoms with Crippen LogP contribution in [0.4, 0.5) is 0 Å². The average Bonchev–Trinajstić information content (AvgIpc) is 2.38. The normalized spacial score (nSPS) is 10.3. The Morgan fingerprint density at radius 1 is 1.11 bits per heavy atom. The Morgan fingerprint density at radius 2 is 1.89 bits per heavy atom. The smallest absolute Gasteiger partial charge is 0.338 e. The van der Waals surface area contributed by atoms with E-state index in [1.165, 1.54) is 19.3 Å². The summed E-state index contributed by atoms with van der Waals surface area (Å²) in [6.07, 6.45) is 4.70. The number of hydrogen-bond donors (Lipinski definition) is 0. The maximum absolute atomic E-state index is 11.7. The molecule has 0 bridgehead atoms. The summed E-state index contributed by atoms with van der Waals surface area (Å²) in [7, 11) is 0. The number of ether oxygens (including phenoxy) is 2. The minimum atomic E-state index is -0.290. The van der Waals surface area contributed by atoms with E-state index in [1.807, 2.05) is 19.1 Å². The van der Waals surface area contributed by atoms with Crippen LogP contribution in [0.3, 0.4) is 0 Å². The van der Waals surface area contributed by atoms with Crippen molar-refractivity contribution in [3.63, 3.8) is 0 Å². The minimum absolute atomic E-state index is 0.290. The largest absolute Gasteiger partial charge is 0.494 e. The van der Waals surface area contributed by atoms with Crippen LogP contribution in [-0.2, 0) is 4.74 Å². The predicted octanol–water partition coefficient (Wildman–Crippen LogP) is 4.13. The van der Waals surface area contributed by atoms with E-state index in [-0.39, 0.29) is 5.97 Å². The molecule has 0 unspecified atom stereocenters. The van der Waals surface area contributed by atoms with Gasteiger partial charge in [-0.25, -0.2) is 4.79 Å². The molecular formula is C16H24O3. The molecule has 1 aromatic rings. The Bertz CT molecular complexity index is 399. The number of aryl methyl sites for hydroxylation is 1. The lowest BCUT2D eigenvalue weighted by Crippen LogP contribution is -2.06. The lowest BCUT2D eigenvalue weighted by molar-refractivity contribution is 0.0525. The minimum Gasteiger partial charge on any atom is -0.494 e. The van der Waals surface area contributed by atoms with E-state index in [4.69, 9.17) is 9.47 Å². The topological polar surface area (TPSA) is 35.5 Å². The lowest BCUT2D eigenvalue weighted by atomic mass is 10.1. The molecule has 0 aliphatic heterocycles. The monoisotopic (exact) mass is 264 g/mol. The van der Waals surface area contributed by atoms with Crippen molar-refractivity contribution in [3.8, 4) is 5.75 Å². The Kier molecular flexibility index (Phi) is 7.01. The van der Waals surface area contributed by atoms with Crippen molar-refractivity contribution < 1.29 is 14.3 Å². The van der Waals surface area contributed by atoms with Crippen molar-refractivity contribution in [2.24, 2.45) is 0 Å². The van der Waals surface area contributed by atoms with Crippen molar-refractivity contribution in [2.75, 3.05) is 13.2 Å². The molecular weight excluding hydrogens is 240 g/mol. The van der Waals surface area contributed by atoms with Crippen molar-refractivity contribution in [3.05, 3.63) is 29.3 Å². The van der Waals surface area contributed by atoms with Crippen LogP contribution in [0.5, 0.6) is 5.75 Å². The highest BCUT2D eigenvalue weighted by molar-refractivity contribution is 5.90. The van der Waals surface area contributed by atoms with Gasteiger partial charge in [0.2, 0.25) is 0 Å². The first kappa shape index (κ1) is 15.5. The zero-order valence-corrected chi connectivity index (χ0v) is 12.2. The van der Waals surface area contributed by atoms with Crippen molar-refractivity contribution in [1.29, 1.82) is 0 Å². The fourth-order valence-electron chi connectivity index (χ4n) is 1.88. The molecule has 0 aliphatic carbocycles. The molecule has 0 aliphatic rings. The average molecular weight is 264 g/mol. The summed E-state index contributed by atoms with van der Waals surface area (Å²) in [5.41, 5.74) is 1.57. The number of carbonyl (C=O) groups is 1. The quantitative estimate of drug-likeness (QED) is 0.523.